The molecule has 0 aliphatic rings. The fraction of sp³-hybridized carbons (Fsp3) is 0.222. The number of methoxy groups -OCH3 is 1. The van der Waals surface area contributed by atoms with Gasteiger partial charge in [-0.15, -0.1) is 10.2 Å². The smallest absolute Gasteiger partial charge is 0.191 e. The van der Waals surface area contributed by atoms with Crippen molar-refractivity contribution >= 4 is 23.4 Å². The molecule has 3 aromatic rings. The van der Waals surface area contributed by atoms with Crippen molar-refractivity contribution in [3.8, 4) is 17.1 Å². The number of benzene rings is 2. The van der Waals surface area contributed by atoms with Gasteiger partial charge in [0.25, 0.3) is 0 Å². The number of ether oxygens (including phenoxy) is 1. The van der Waals surface area contributed by atoms with Crippen molar-refractivity contribution < 1.29 is 9.84 Å². The second-order valence-electron chi connectivity index (χ2n) is 5.47. The van der Waals surface area contributed by atoms with Crippen LogP contribution >= 0.6 is 23.4 Å². The molecule has 0 spiro atoms. The second-order valence-corrected chi connectivity index (χ2v) is 6.90. The lowest BCUT2D eigenvalue weighted by molar-refractivity contribution is 0.204. The van der Waals surface area contributed by atoms with Crippen LogP contribution in [-0.2, 0) is 7.05 Å². The molecule has 0 saturated carbocycles. The van der Waals surface area contributed by atoms with Crippen molar-refractivity contribution in [2.75, 3.05) is 12.9 Å². The highest BCUT2D eigenvalue weighted by Crippen LogP contribution is 2.27. The van der Waals surface area contributed by atoms with Crippen LogP contribution in [0.15, 0.2) is 53.7 Å². The largest absolute Gasteiger partial charge is 0.497 e. The zero-order chi connectivity index (χ0) is 17.8. The summed E-state index contributed by atoms with van der Waals surface area (Å²) in [6.45, 7) is 0. The molecule has 7 heteroatoms. The van der Waals surface area contributed by atoms with Gasteiger partial charge < -0.3 is 14.4 Å². The summed E-state index contributed by atoms with van der Waals surface area (Å²) in [5.41, 5.74) is 1.79. The fourth-order valence-electron chi connectivity index (χ4n) is 2.37. The Labute approximate surface area is 155 Å². The van der Waals surface area contributed by atoms with E-state index >= 15 is 0 Å². The molecular weight excluding hydrogens is 358 g/mol. The highest BCUT2D eigenvalue weighted by Gasteiger charge is 2.14. The van der Waals surface area contributed by atoms with E-state index < -0.39 is 6.10 Å². The number of hydrogen-bond donors (Lipinski definition) is 1. The van der Waals surface area contributed by atoms with E-state index in [1.807, 2.05) is 48.0 Å². The Balaban J connectivity index is 1.69. The van der Waals surface area contributed by atoms with Gasteiger partial charge in [-0.05, 0) is 42.0 Å². The Morgan fingerprint density at radius 1 is 1.12 bits per heavy atom. The summed E-state index contributed by atoms with van der Waals surface area (Å²) >= 11 is 7.33. The van der Waals surface area contributed by atoms with Gasteiger partial charge in [-0.2, -0.15) is 0 Å². The van der Waals surface area contributed by atoms with Gasteiger partial charge in [0, 0.05) is 23.4 Å². The number of halogens is 1. The van der Waals surface area contributed by atoms with E-state index in [2.05, 4.69) is 10.2 Å². The molecule has 0 aliphatic heterocycles. The van der Waals surface area contributed by atoms with Crippen LogP contribution in [-0.4, -0.2) is 32.7 Å². The van der Waals surface area contributed by atoms with E-state index in [-0.39, 0.29) is 0 Å². The zero-order valence-corrected chi connectivity index (χ0v) is 15.5. The third kappa shape index (κ3) is 4.15. The predicted octanol–water partition coefficient (Wildman–Crippen LogP) is 3.97. The average molecular weight is 376 g/mol. The van der Waals surface area contributed by atoms with Crippen molar-refractivity contribution in [1.82, 2.24) is 14.8 Å². The first-order valence-corrected chi connectivity index (χ1v) is 9.05. The van der Waals surface area contributed by atoms with Crippen LogP contribution < -0.4 is 4.74 Å². The lowest BCUT2D eigenvalue weighted by Crippen LogP contribution is -2.02. The van der Waals surface area contributed by atoms with Gasteiger partial charge in [0.1, 0.15) is 5.75 Å². The van der Waals surface area contributed by atoms with Crippen molar-refractivity contribution in [3.05, 3.63) is 59.1 Å². The number of aliphatic hydroxyl groups is 1. The molecule has 130 valence electrons. The molecule has 1 N–H and O–H groups in total. The standard InChI is InChI=1S/C18H18ClN3O2S/c1-22-17(13-5-9-15(24-2)10-6-13)20-21-18(22)25-11-16(23)12-3-7-14(19)8-4-12/h3-10,16,23H,11H2,1-2H3. The van der Waals surface area contributed by atoms with Crippen LogP contribution in [0.5, 0.6) is 5.75 Å². The third-order valence-corrected chi connectivity index (χ3v) is 5.16. The van der Waals surface area contributed by atoms with Gasteiger partial charge in [-0.1, -0.05) is 35.5 Å². The van der Waals surface area contributed by atoms with Gasteiger partial charge in [0.05, 0.1) is 13.2 Å². The van der Waals surface area contributed by atoms with Crippen molar-refractivity contribution in [2.24, 2.45) is 7.05 Å². The Kier molecular flexibility index (Phi) is 5.63. The Bertz CT molecular complexity index is 835. The van der Waals surface area contributed by atoms with E-state index in [0.717, 1.165) is 27.9 Å². The number of nitrogens with zero attached hydrogens (tertiary/aromatic N) is 3. The van der Waals surface area contributed by atoms with Gasteiger partial charge in [0.2, 0.25) is 0 Å². The molecule has 1 aromatic heterocycles. The summed E-state index contributed by atoms with van der Waals surface area (Å²) in [4.78, 5) is 0. The Morgan fingerprint density at radius 3 is 2.44 bits per heavy atom. The van der Waals surface area contributed by atoms with Crippen LogP contribution in [0.2, 0.25) is 5.02 Å². The third-order valence-electron chi connectivity index (χ3n) is 3.81. The minimum atomic E-state index is -0.594. The van der Waals surface area contributed by atoms with E-state index in [0.29, 0.717) is 10.8 Å². The van der Waals surface area contributed by atoms with Crippen LogP contribution in [0.1, 0.15) is 11.7 Å². The number of aromatic nitrogens is 3. The monoisotopic (exact) mass is 375 g/mol. The molecule has 0 aliphatic carbocycles. The summed E-state index contributed by atoms with van der Waals surface area (Å²) < 4.78 is 7.09. The molecule has 1 atom stereocenters. The van der Waals surface area contributed by atoms with Gasteiger partial charge in [0.15, 0.2) is 11.0 Å². The lowest BCUT2D eigenvalue weighted by Gasteiger charge is -2.10. The maximum absolute atomic E-state index is 10.3. The maximum Gasteiger partial charge on any atom is 0.191 e. The first kappa shape index (κ1) is 17.8. The molecule has 0 bridgehead atoms. The fourth-order valence-corrected chi connectivity index (χ4v) is 3.37. The highest BCUT2D eigenvalue weighted by molar-refractivity contribution is 7.99. The Hall–Kier alpha value is -2.02. The average Bonchev–Trinajstić information content (AvgIpc) is 3.01. The molecule has 0 amide bonds. The molecule has 0 saturated heterocycles. The van der Waals surface area contributed by atoms with Crippen molar-refractivity contribution in [2.45, 2.75) is 11.3 Å². The lowest BCUT2D eigenvalue weighted by atomic mass is 10.1. The van der Waals surface area contributed by atoms with Gasteiger partial charge >= 0.3 is 0 Å². The topological polar surface area (TPSA) is 60.2 Å². The molecule has 2 aromatic carbocycles. The molecule has 1 unspecified atom stereocenters. The minimum Gasteiger partial charge on any atom is -0.497 e. The summed E-state index contributed by atoms with van der Waals surface area (Å²) in [5.74, 6) is 2.05. The summed E-state index contributed by atoms with van der Waals surface area (Å²) in [5, 5.41) is 20.2. The molecule has 5 nitrogen and oxygen atoms in total. The van der Waals surface area contributed by atoms with E-state index in [4.69, 9.17) is 16.3 Å². The highest BCUT2D eigenvalue weighted by atomic mass is 35.5. The van der Waals surface area contributed by atoms with E-state index in [1.165, 1.54) is 11.8 Å². The molecule has 25 heavy (non-hydrogen) atoms. The van der Waals surface area contributed by atoms with Crippen LogP contribution in [0.4, 0.5) is 0 Å². The molecule has 1 heterocycles. The minimum absolute atomic E-state index is 0.482. The SMILES string of the molecule is COc1ccc(-c2nnc(SCC(O)c3ccc(Cl)cc3)n2C)cc1. The van der Waals surface area contributed by atoms with Gasteiger partial charge in [-0.25, -0.2) is 0 Å². The van der Waals surface area contributed by atoms with Gasteiger partial charge in [-0.3, -0.25) is 0 Å². The summed E-state index contributed by atoms with van der Waals surface area (Å²) in [6.07, 6.45) is -0.594. The van der Waals surface area contributed by atoms with Crippen LogP contribution in [0.3, 0.4) is 0 Å². The maximum atomic E-state index is 10.3. The molecular formula is C18H18ClN3O2S. The Morgan fingerprint density at radius 2 is 1.80 bits per heavy atom. The quantitative estimate of drug-likeness (QED) is 0.660. The first-order chi connectivity index (χ1) is 12.1. The first-order valence-electron chi connectivity index (χ1n) is 7.68. The van der Waals surface area contributed by atoms with E-state index in [1.54, 1.807) is 19.2 Å². The van der Waals surface area contributed by atoms with Crippen LogP contribution in [0, 0.1) is 0 Å². The number of rotatable bonds is 6. The molecule has 0 radical (unpaired) electrons. The predicted molar refractivity (Wildman–Crippen MR) is 100 cm³/mol. The number of thioether (sulfide) groups is 1. The second kappa shape index (κ2) is 7.91. The molecule has 3 rings (SSSR count). The van der Waals surface area contributed by atoms with Crippen molar-refractivity contribution in [3.63, 3.8) is 0 Å². The molecule has 0 fully saturated rings. The normalized spacial score (nSPS) is 12.2. The number of aliphatic hydroxyl groups excluding tert-OH is 1. The zero-order valence-electron chi connectivity index (χ0n) is 13.9. The summed E-state index contributed by atoms with van der Waals surface area (Å²) in [7, 11) is 3.55. The van der Waals surface area contributed by atoms with Crippen LogP contribution in [0.25, 0.3) is 11.4 Å². The number of hydrogen-bond acceptors (Lipinski definition) is 5. The van der Waals surface area contributed by atoms with Crippen molar-refractivity contribution in [1.29, 1.82) is 0 Å². The van der Waals surface area contributed by atoms with E-state index in [9.17, 15) is 5.11 Å². The summed E-state index contributed by atoms with van der Waals surface area (Å²) in [6, 6.07) is 14.9.